The number of ether oxygens (including phenoxy) is 1. The Labute approximate surface area is 83.3 Å². The first-order chi connectivity index (χ1) is 7.16. The Hall–Kier alpha value is -1.78. The number of aromatic nitrogens is 1. The fourth-order valence-corrected chi connectivity index (χ4v) is 1.36. The number of benzene rings is 1. The number of hydrogen-bond donors (Lipinski definition) is 0. The van der Waals surface area contributed by atoms with E-state index in [1.165, 1.54) is 18.3 Å². The molecule has 78 valence electrons. The summed E-state index contributed by atoms with van der Waals surface area (Å²) < 4.78 is 44.5. The minimum atomic E-state index is -1.34. The highest BCUT2D eigenvalue weighted by Crippen LogP contribution is 2.30. The Morgan fingerprint density at radius 2 is 1.87 bits per heavy atom. The molecule has 0 atom stereocenters. The molecule has 0 saturated heterocycles. The minimum Gasteiger partial charge on any atom is -0.491 e. The van der Waals surface area contributed by atoms with Gasteiger partial charge in [0.15, 0.2) is 17.4 Å². The lowest BCUT2D eigenvalue weighted by atomic mass is 10.2. The van der Waals surface area contributed by atoms with Gasteiger partial charge in [-0.3, -0.25) is 4.98 Å². The van der Waals surface area contributed by atoms with E-state index in [1.54, 1.807) is 0 Å². The number of rotatable bonds is 1. The summed E-state index contributed by atoms with van der Waals surface area (Å²) in [5.74, 6) is -4.24. The smallest absolute Gasteiger partial charge is 0.204 e. The van der Waals surface area contributed by atoms with Crippen LogP contribution in [0.3, 0.4) is 0 Å². The van der Waals surface area contributed by atoms with Crippen LogP contribution < -0.4 is 4.74 Å². The second-order valence-electron chi connectivity index (χ2n) is 2.87. The van der Waals surface area contributed by atoms with Crippen LogP contribution in [0, 0.1) is 17.5 Å². The van der Waals surface area contributed by atoms with Crippen LogP contribution in [-0.4, -0.2) is 12.1 Å². The van der Waals surface area contributed by atoms with Crippen LogP contribution in [0.4, 0.5) is 13.2 Å². The Balaban J connectivity index is 2.96. The average Bonchev–Trinajstić information content (AvgIpc) is 2.27. The second-order valence-corrected chi connectivity index (χ2v) is 2.87. The molecule has 2 nitrogen and oxygen atoms in total. The lowest BCUT2D eigenvalue weighted by molar-refractivity contribution is 0.350. The molecule has 15 heavy (non-hydrogen) atoms. The predicted molar refractivity (Wildman–Crippen MR) is 48.2 cm³/mol. The second kappa shape index (κ2) is 3.42. The Morgan fingerprint density at radius 3 is 2.53 bits per heavy atom. The topological polar surface area (TPSA) is 22.1 Å². The zero-order chi connectivity index (χ0) is 11.0. The van der Waals surface area contributed by atoms with Crippen molar-refractivity contribution in [2.24, 2.45) is 0 Å². The number of nitrogens with zero attached hydrogens (tertiary/aromatic N) is 1. The number of pyridine rings is 1. The van der Waals surface area contributed by atoms with Crippen LogP contribution in [0.2, 0.25) is 0 Å². The maximum atomic E-state index is 13.5. The van der Waals surface area contributed by atoms with Gasteiger partial charge >= 0.3 is 0 Å². The van der Waals surface area contributed by atoms with E-state index in [9.17, 15) is 13.2 Å². The molecule has 0 aliphatic carbocycles. The summed E-state index contributed by atoms with van der Waals surface area (Å²) in [6, 6.07) is 2.65. The zero-order valence-electron chi connectivity index (χ0n) is 7.72. The first-order valence-corrected chi connectivity index (χ1v) is 4.12. The van der Waals surface area contributed by atoms with Crippen LogP contribution in [0.1, 0.15) is 0 Å². The quantitative estimate of drug-likeness (QED) is 0.679. The summed E-state index contributed by atoms with van der Waals surface area (Å²) in [7, 11) is 1.07. The first-order valence-electron chi connectivity index (χ1n) is 4.12. The summed E-state index contributed by atoms with van der Waals surface area (Å²) >= 11 is 0. The van der Waals surface area contributed by atoms with Gasteiger partial charge in [0, 0.05) is 11.6 Å². The van der Waals surface area contributed by atoms with E-state index in [2.05, 4.69) is 9.72 Å². The Bertz CT molecular complexity index is 528. The lowest BCUT2D eigenvalue weighted by Gasteiger charge is -2.07. The Kier molecular flexibility index (Phi) is 2.22. The van der Waals surface area contributed by atoms with E-state index in [1.807, 2.05) is 0 Å². The number of fused-ring (bicyclic) bond motifs is 1. The van der Waals surface area contributed by atoms with Gasteiger partial charge in [-0.1, -0.05) is 0 Å². The molecular formula is C10H6F3NO. The summed E-state index contributed by atoms with van der Waals surface area (Å²) in [6.07, 6.45) is 1.29. The highest BCUT2D eigenvalue weighted by Gasteiger charge is 2.21. The number of methoxy groups -OCH3 is 1. The molecular weight excluding hydrogens is 207 g/mol. The molecule has 0 aliphatic heterocycles. The van der Waals surface area contributed by atoms with Crippen LogP contribution in [0.5, 0.6) is 5.75 Å². The third kappa shape index (κ3) is 1.31. The van der Waals surface area contributed by atoms with E-state index < -0.39 is 23.2 Å². The van der Waals surface area contributed by atoms with Crippen LogP contribution in [0.15, 0.2) is 18.3 Å². The number of halogens is 3. The lowest BCUT2D eigenvalue weighted by Crippen LogP contribution is -1.99. The average molecular weight is 213 g/mol. The van der Waals surface area contributed by atoms with Crippen molar-refractivity contribution >= 4 is 10.9 Å². The summed E-state index contributed by atoms with van der Waals surface area (Å²) in [4.78, 5) is 3.63. The van der Waals surface area contributed by atoms with E-state index in [0.717, 1.165) is 7.11 Å². The van der Waals surface area contributed by atoms with Crippen molar-refractivity contribution in [2.75, 3.05) is 7.11 Å². The molecule has 0 saturated carbocycles. The number of hydrogen-bond acceptors (Lipinski definition) is 2. The van der Waals surface area contributed by atoms with Gasteiger partial charge in [-0.05, 0) is 12.1 Å². The highest BCUT2D eigenvalue weighted by molar-refractivity contribution is 5.81. The Morgan fingerprint density at radius 1 is 1.13 bits per heavy atom. The van der Waals surface area contributed by atoms with E-state index >= 15 is 0 Å². The predicted octanol–water partition coefficient (Wildman–Crippen LogP) is 2.66. The molecule has 1 aromatic heterocycles. The standard InChI is InChI=1S/C10H6F3NO/c1-15-10-7(12)6(11)5-3-2-4-14-9(5)8(10)13/h2-4H,1H3. The van der Waals surface area contributed by atoms with Crippen molar-refractivity contribution in [3.8, 4) is 5.75 Å². The van der Waals surface area contributed by atoms with Gasteiger partial charge < -0.3 is 4.74 Å². The van der Waals surface area contributed by atoms with E-state index in [0.29, 0.717) is 0 Å². The van der Waals surface area contributed by atoms with E-state index in [4.69, 9.17) is 0 Å². The molecule has 2 aromatic rings. The van der Waals surface area contributed by atoms with Crippen molar-refractivity contribution in [1.82, 2.24) is 4.98 Å². The summed E-state index contributed by atoms with van der Waals surface area (Å²) in [6.45, 7) is 0. The van der Waals surface area contributed by atoms with Gasteiger partial charge in [0.2, 0.25) is 5.82 Å². The normalized spacial score (nSPS) is 10.7. The molecule has 0 radical (unpaired) electrons. The van der Waals surface area contributed by atoms with Crippen molar-refractivity contribution < 1.29 is 17.9 Å². The molecule has 0 N–H and O–H groups in total. The highest BCUT2D eigenvalue weighted by atomic mass is 19.2. The summed E-state index contributed by atoms with van der Waals surface area (Å²) in [5.41, 5.74) is -0.242. The molecule has 0 spiro atoms. The maximum absolute atomic E-state index is 13.5. The monoisotopic (exact) mass is 213 g/mol. The molecule has 1 aromatic carbocycles. The SMILES string of the molecule is COc1c(F)c(F)c2cccnc2c1F. The molecule has 2 rings (SSSR count). The van der Waals surface area contributed by atoms with Crippen LogP contribution >= 0.6 is 0 Å². The largest absolute Gasteiger partial charge is 0.491 e. The van der Waals surface area contributed by atoms with Gasteiger partial charge in [0.1, 0.15) is 5.52 Å². The molecule has 0 amide bonds. The van der Waals surface area contributed by atoms with Gasteiger partial charge in [0.05, 0.1) is 7.11 Å². The first kappa shape index (κ1) is 9.76. The molecule has 0 fully saturated rings. The van der Waals surface area contributed by atoms with Crippen LogP contribution in [0.25, 0.3) is 10.9 Å². The van der Waals surface area contributed by atoms with Gasteiger partial charge in [-0.2, -0.15) is 4.39 Å². The fraction of sp³-hybridized carbons (Fsp3) is 0.100. The third-order valence-corrected chi connectivity index (χ3v) is 2.05. The van der Waals surface area contributed by atoms with Crippen molar-refractivity contribution in [1.29, 1.82) is 0 Å². The van der Waals surface area contributed by atoms with Gasteiger partial charge in [-0.25, -0.2) is 8.78 Å². The fourth-order valence-electron chi connectivity index (χ4n) is 1.36. The van der Waals surface area contributed by atoms with Gasteiger partial charge in [0.25, 0.3) is 0 Å². The van der Waals surface area contributed by atoms with E-state index in [-0.39, 0.29) is 10.9 Å². The molecule has 0 bridgehead atoms. The van der Waals surface area contributed by atoms with Gasteiger partial charge in [-0.15, -0.1) is 0 Å². The summed E-state index contributed by atoms with van der Waals surface area (Å²) in [5, 5.41) is -0.201. The van der Waals surface area contributed by atoms with Crippen molar-refractivity contribution in [3.63, 3.8) is 0 Å². The van der Waals surface area contributed by atoms with Crippen LogP contribution in [-0.2, 0) is 0 Å². The zero-order valence-corrected chi connectivity index (χ0v) is 7.72. The van der Waals surface area contributed by atoms with Crippen molar-refractivity contribution in [3.05, 3.63) is 35.8 Å². The van der Waals surface area contributed by atoms with Crippen molar-refractivity contribution in [2.45, 2.75) is 0 Å². The molecule has 5 heteroatoms. The molecule has 0 aliphatic rings. The maximum Gasteiger partial charge on any atom is 0.204 e. The molecule has 1 heterocycles. The third-order valence-electron chi connectivity index (χ3n) is 2.05. The minimum absolute atomic E-state index is 0.201. The molecule has 0 unspecified atom stereocenters.